The van der Waals surface area contributed by atoms with Gasteiger partial charge in [0.2, 0.25) is 0 Å². The van der Waals surface area contributed by atoms with E-state index in [0.29, 0.717) is 5.92 Å². The van der Waals surface area contributed by atoms with Crippen molar-refractivity contribution in [2.24, 2.45) is 13.0 Å². The summed E-state index contributed by atoms with van der Waals surface area (Å²) in [6.07, 6.45) is 4.36. The summed E-state index contributed by atoms with van der Waals surface area (Å²) in [6.45, 7) is 7.98. The molecule has 118 valence electrons. The van der Waals surface area contributed by atoms with E-state index >= 15 is 0 Å². The molecule has 0 aliphatic heterocycles. The van der Waals surface area contributed by atoms with E-state index in [-0.39, 0.29) is 12.0 Å². The lowest BCUT2D eigenvalue weighted by molar-refractivity contribution is -0.131. The molecule has 1 amide bonds. The van der Waals surface area contributed by atoms with Gasteiger partial charge in [-0.05, 0) is 39.5 Å². The van der Waals surface area contributed by atoms with Crippen molar-refractivity contribution in [2.45, 2.75) is 65.6 Å². The molecule has 0 aromatic carbocycles. The fourth-order valence-corrected chi connectivity index (χ4v) is 3.01. The first-order valence-electron chi connectivity index (χ1n) is 7.85. The van der Waals surface area contributed by atoms with Crippen LogP contribution in [0.15, 0.2) is 0 Å². The number of aryl methyl sites for hydroxylation is 2. The lowest BCUT2D eigenvalue weighted by Crippen LogP contribution is -2.34. The van der Waals surface area contributed by atoms with Crippen LogP contribution >= 0.6 is 0 Å². The minimum absolute atomic E-state index is 0.0978. The number of ether oxygens (including phenoxy) is 1. The molecule has 2 rings (SSSR count). The predicted molar refractivity (Wildman–Crippen MR) is 83.3 cm³/mol. The quantitative estimate of drug-likeness (QED) is 0.928. The molecule has 5 nitrogen and oxygen atoms in total. The van der Waals surface area contributed by atoms with Crippen LogP contribution in [0.2, 0.25) is 0 Å². The van der Waals surface area contributed by atoms with Gasteiger partial charge in [0.25, 0.3) is 5.91 Å². The van der Waals surface area contributed by atoms with E-state index < -0.39 is 6.10 Å². The van der Waals surface area contributed by atoms with Crippen LogP contribution < -0.4 is 5.32 Å². The summed E-state index contributed by atoms with van der Waals surface area (Å²) in [6, 6.07) is 0. The first-order valence-corrected chi connectivity index (χ1v) is 7.85. The van der Waals surface area contributed by atoms with Crippen molar-refractivity contribution in [2.75, 3.05) is 5.32 Å². The lowest BCUT2D eigenvalue weighted by Gasteiger charge is -2.29. The summed E-state index contributed by atoms with van der Waals surface area (Å²) in [4.78, 5) is 12.3. The number of aromatic nitrogens is 2. The second-order valence-corrected chi connectivity index (χ2v) is 6.34. The molecule has 0 unspecified atom stereocenters. The zero-order chi connectivity index (χ0) is 15.6. The lowest BCUT2D eigenvalue weighted by atomic mass is 9.88. The van der Waals surface area contributed by atoms with Gasteiger partial charge in [0, 0.05) is 12.6 Å². The van der Waals surface area contributed by atoms with Gasteiger partial charge < -0.3 is 10.1 Å². The summed E-state index contributed by atoms with van der Waals surface area (Å²) in [5, 5.41) is 7.25. The molecular formula is C16H27N3O2. The molecule has 1 aliphatic rings. The number of amides is 1. The second-order valence-electron chi connectivity index (χ2n) is 6.34. The second kappa shape index (κ2) is 6.60. The van der Waals surface area contributed by atoms with Gasteiger partial charge in [-0.25, -0.2) is 0 Å². The van der Waals surface area contributed by atoms with Crippen LogP contribution in [-0.4, -0.2) is 27.9 Å². The number of rotatable bonds is 4. The zero-order valence-electron chi connectivity index (χ0n) is 13.8. The van der Waals surface area contributed by atoms with Crippen molar-refractivity contribution in [3.63, 3.8) is 0 Å². The van der Waals surface area contributed by atoms with Crippen molar-refractivity contribution in [1.29, 1.82) is 0 Å². The molecule has 0 spiro atoms. The molecule has 1 fully saturated rings. The molecule has 0 bridgehead atoms. The minimum Gasteiger partial charge on any atom is -0.365 e. The molecule has 1 saturated carbocycles. The average Bonchev–Trinajstić information content (AvgIpc) is 2.65. The summed E-state index contributed by atoms with van der Waals surface area (Å²) in [7, 11) is 1.84. The number of nitrogens with one attached hydrogen (secondary N) is 1. The summed E-state index contributed by atoms with van der Waals surface area (Å²) in [5.41, 5.74) is 1.94. The van der Waals surface area contributed by atoms with Gasteiger partial charge >= 0.3 is 0 Å². The molecule has 1 aliphatic carbocycles. The Labute approximate surface area is 127 Å². The third kappa shape index (κ3) is 3.84. The number of nitrogens with zero attached hydrogens (tertiary/aromatic N) is 2. The predicted octanol–water partition coefficient (Wildman–Crippen LogP) is 2.96. The van der Waals surface area contributed by atoms with Gasteiger partial charge in [-0.2, -0.15) is 5.10 Å². The van der Waals surface area contributed by atoms with Crippen LogP contribution in [0.1, 0.15) is 50.8 Å². The highest BCUT2D eigenvalue weighted by atomic mass is 16.5. The number of carbonyl (C=O) groups is 1. The monoisotopic (exact) mass is 293 g/mol. The van der Waals surface area contributed by atoms with E-state index in [0.717, 1.165) is 29.9 Å². The standard InChI is InChI=1S/C16H27N3O2/c1-10-7-6-8-14(9-10)21-13(4)16(20)17-15-11(2)12(3)18-19(15)5/h10,13-14H,6-9H2,1-5H3,(H,17,20)/t10-,13+,14-/m0/s1. The molecule has 1 aromatic heterocycles. The SMILES string of the molecule is Cc1nn(C)c(NC(=O)[C@@H](C)O[C@H]2CCC[C@H](C)C2)c1C. The molecule has 0 saturated heterocycles. The summed E-state index contributed by atoms with van der Waals surface area (Å²) >= 11 is 0. The highest BCUT2D eigenvalue weighted by Crippen LogP contribution is 2.26. The Kier molecular flexibility index (Phi) is 5.04. The first kappa shape index (κ1) is 16.0. The van der Waals surface area contributed by atoms with E-state index in [2.05, 4.69) is 17.3 Å². The van der Waals surface area contributed by atoms with Crippen molar-refractivity contribution < 1.29 is 9.53 Å². The van der Waals surface area contributed by atoms with Gasteiger partial charge in [0.15, 0.2) is 0 Å². The van der Waals surface area contributed by atoms with E-state index in [1.54, 1.807) is 4.68 Å². The molecule has 1 heterocycles. The van der Waals surface area contributed by atoms with E-state index in [1.165, 1.54) is 12.8 Å². The van der Waals surface area contributed by atoms with Crippen LogP contribution in [0.5, 0.6) is 0 Å². The Morgan fingerprint density at radius 1 is 1.43 bits per heavy atom. The Morgan fingerprint density at radius 2 is 2.14 bits per heavy atom. The molecular weight excluding hydrogens is 266 g/mol. The fourth-order valence-electron chi connectivity index (χ4n) is 3.01. The third-order valence-corrected chi connectivity index (χ3v) is 4.42. The van der Waals surface area contributed by atoms with Gasteiger partial charge in [-0.15, -0.1) is 0 Å². The van der Waals surface area contributed by atoms with Gasteiger partial charge in [-0.1, -0.05) is 19.8 Å². The van der Waals surface area contributed by atoms with Crippen molar-refractivity contribution in [3.8, 4) is 0 Å². The molecule has 5 heteroatoms. The molecule has 1 aromatic rings. The Hall–Kier alpha value is -1.36. The van der Waals surface area contributed by atoms with Crippen molar-refractivity contribution in [1.82, 2.24) is 9.78 Å². The number of anilines is 1. The van der Waals surface area contributed by atoms with E-state index in [4.69, 9.17) is 4.74 Å². The molecule has 3 atom stereocenters. The molecule has 21 heavy (non-hydrogen) atoms. The number of carbonyl (C=O) groups excluding carboxylic acids is 1. The van der Waals surface area contributed by atoms with E-state index in [9.17, 15) is 4.79 Å². The highest BCUT2D eigenvalue weighted by molar-refractivity contribution is 5.93. The normalized spacial score (nSPS) is 23.9. The third-order valence-electron chi connectivity index (χ3n) is 4.42. The maximum Gasteiger partial charge on any atom is 0.254 e. The molecule has 1 N–H and O–H groups in total. The van der Waals surface area contributed by atoms with Gasteiger partial charge in [0.1, 0.15) is 11.9 Å². The van der Waals surface area contributed by atoms with E-state index in [1.807, 2.05) is 27.8 Å². The van der Waals surface area contributed by atoms with Crippen LogP contribution in [0.4, 0.5) is 5.82 Å². The Bertz CT molecular complexity index is 510. The maximum atomic E-state index is 12.3. The first-order chi connectivity index (χ1) is 9.88. The van der Waals surface area contributed by atoms with Gasteiger partial charge in [-0.3, -0.25) is 9.48 Å². The van der Waals surface area contributed by atoms with Crippen LogP contribution in [0.25, 0.3) is 0 Å². The maximum absolute atomic E-state index is 12.3. The van der Waals surface area contributed by atoms with Crippen molar-refractivity contribution >= 4 is 11.7 Å². The fraction of sp³-hybridized carbons (Fsp3) is 0.750. The summed E-state index contributed by atoms with van der Waals surface area (Å²) < 4.78 is 7.65. The Balaban J connectivity index is 1.93. The van der Waals surface area contributed by atoms with Crippen LogP contribution in [0.3, 0.4) is 0 Å². The largest absolute Gasteiger partial charge is 0.365 e. The highest BCUT2D eigenvalue weighted by Gasteiger charge is 2.25. The molecule has 0 radical (unpaired) electrons. The smallest absolute Gasteiger partial charge is 0.254 e. The van der Waals surface area contributed by atoms with Crippen LogP contribution in [-0.2, 0) is 16.6 Å². The Morgan fingerprint density at radius 3 is 2.71 bits per heavy atom. The van der Waals surface area contributed by atoms with Crippen molar-refractivity contribution in [3.05, 3.63) is 11.3 Å². The summed E-state index contributed by atoms with van der Waals surface area (Å²) in [5.74, 6) is 1.35. The number of hydrogen-bond acceptors (Lipinski definition) is 3. The van der Waals surface area contributed by atoms with Crippen LogP contribution in [0, 0.1) is 19.8 Å². The average molecular weight is 293 g/mol. The number of hydrogen-bond donors (Lipinski definition) is 1. The minimum atomic E-state index is -0.435. The zero-order valence-corrected chi connectivity index (χ0v) is 13.8. The topological polar surface area (TPSA) is 56.2 Å². The van der Waals surface area contributed by atoms with Gasteiger partial charge in [0.05, 0.1) is 11.8 Å².